The van der Waals surface area contributed by atoms with Gasteiger partial charge in [0.2, 0.25) is 5.91 Å². The van der Waals surface area contributed by atoms with Crippen LogP contribution in [-0.2, 0) is 16.0 Å². The molecular formula is C25H25Cl2NO2. The largest absolute Gasteiger partial charge is 0.294 e. The highest BCUT2D eigenvalue weighted by molar-refractivity contribution is 6.35. The Hall–Kier alpha value is -2.10. The minimum absolute atomic E-state index is 0.0397. The molecule has 0 bridgehead atoms. The van der Waals surface area contributed by atoms with Crippen LogP contribution in [0.4, 0.5) is 5.69 Å². The summed E-state index contributed by atoms with van der Waals surface area (Å²) in [5.41, 5.74) is 4.20. The first-order valence-electron chi connectivity index (χ1n) is 10.3. The van der Waals surface area contributed by atoms with Crippen LogP contribution in [0.1, 0.15) is 57.1 Å². The number of halogens is 2. The summed E-state index contributed by atoms with van der Waals surface area (Å²) in [6.07, 6.45) is 2.33. The van der Waals surface area contributed by atoms with E-state index in [1.165, 1.54) is 5.56 Å². The van der Waals surface area contributed by atoms with Crippen molar-refractivity contribution in [3.05, 3.63) is 74.9 Å². The summed E-state index contributed by atoms with van der Waals surface area (Å²) >= 11 is 12.4. The van der Waals surface area contributed by atoms with Gasteiger partial charge in [0.1, 0.15) is 0 Å². The van der Waals surface area contributed by atoms with E-state index in [4.69, 9.17) is 23.2 Å². The Morgan fingerprint density at radius 1 is 1.00 bits per heavy atom. The lowest BCUT2D eigenvalue weighted by molar-refractivity contribution is -0.121. The van der Waals surface area contributed by atoms with Crippen LogP contribution in [-0.4, -0.2) is 11.7 Å². The smallest absolute Gasteiger partial charge is 0.232 e. The molecule has 1 atom stereocenters. The number of anilines is 1. The third-order valence-electron chi connectivity index (χ3n) is 6.04. The van der Waals surface area contributed by atoms with Gasteiger partial charge < -0.3 is 0 Å². The van der Waals surface area contributed by atoms with Crippen molar-refractivity contribution >= 4 is 40.6 Å². The number of amides is 1. The number of allylic oxidation sites excluding steroid dienone is 2. The first-order chi connectivity index (χ1) is 14.2. The molecule has 1 aliphatic carbocycles. The molecule has 3 nitrogen and oxygen atoms in total. The number of hydrogen-bond acceptors (Lipinski definition) is 2. The predicted octanol–water partition coefficient (Wildman–Crippen LogP) is 6.72. The van der Waals surface area contributed by atoms with Crippen LogP contribution in [0.3, 0.4) is 0 Å². The Balaban J connectivity index is 1.88. The molecule has 0 spiro atoms. The molecule has 156 valence electrons. The van der Waals surface area contributed by atoms with Crippen LogP contribution in [0.2, 0.25) is 10.0 Å². The fourth-order valence-corrected chi connectivity index (χ4v) is 5.17. The summed E-state index contributed by atoms with van der Waals surface area (Å²) in [5.74, 6) is -0.133. The lowest BCUT2D eigenvalue weighted by Gasteiger charge is -2.43. The first-order valence-corrected chi connectivity index (χ1v) is 11.1. The van der Waals surface area contributed by atoms with Crippen molar-refractivity contribution in [2.75, 3.05) is 4.90 Å². The molecular weight excluding hydrogens is 417 g/mol. The molecule has 30 heavy (non-hydrogen) atoms. The van der Waals surface area contributed by atoms with Gasteiger partial charge in [-0.2, -0.15) is 0 Å². The van der Waals surface area contributed by atoms with Crippen molar-refractivity contribution in [2.24, 2.45) is 5.41 Å². The highest BCUT2D eigenvalue weighted by Gasteiger charge is 2.44. The topological polar surface area (TPSA) is 37.4 Å². The Kier molecular flexibility index (Phi) is 5.54. The Labute approximate surface area is 187 Å². The fourth-order valence-electron chi connectivity index (χ4n) is 4.65. The predicted molar refractivity (Wildman–Crippen MR) is 122 cm³/mol. The second-order valence-electron chi connectivity index (χ2n) is 9.01. The maximum atomic E-state index is 13.4. The highest BCUT2D eigenvalue weighted by atomic mass is 35.5. The third kappa shape index (κ3) is 3.93. The van der Waals surface area contributed by atoms with E-state index in [0.29, 0.717) is 28.6 Å². The van der Waals surface area contributed by atoms with Crippen LogP contribution in [0.25, 0.3) is 0 Å². The van der Waals surface area contributed by atoms with Crippen molar-refractivity contribution in [3.63, 3.8) is 0 Å². The van der Waals surface area contributed by atoms with E-state index < -0.39 is 0 Å². The summed E-state index contributed by atoms with van der Waals surface area (Å²) in [7, 11) is 0. The number of hydrogen-bond donors (Lipinski definition) is 0. The van der Waals surface area contributed by atoms with Gasteiger partial charge >= 0.3 is 0 Å². The maximum Gasteiger partial charge on any atom is 0.232 e. The van der Waals surface area contributed by atoms with E-state index in [1.807, 2.05) is 0 Å². The van der Waals surface area contributed by atoms with Gasteiger partial charge in [-0.05, 0) is 47.6 Å². The number of ketones is 1. The zero-order chi connectivity index (χ0) is 21.6. The summed E-state index contributed by atoms with van der Waals surface area (Å²) in [4.78, 5) is 28.4. The second kappa shape index (κ2) is 7.86. The second-order valence-corrected chi connectivity index (χ2v) is 9.88. The fraction of sp³-hybridized carbons (Fsp3) is 0.360. The van der Waals surface area contributed by atoms with Gasteiger partial charge in [-0.25, -0.2) is 0 Å². The van der Waals surface area contributed by atoms with Crippen molar-refractivity contribution in [3.8, 4) is 0 Å². The molecule has 0 saturated heterocycles. The van der Waals surface area contributed by atoms with Crippen molar-refractivity contribution < 1.29 is 9.59 Å². The molecule has 0 saturated carbocycles. The van der Waals surface area contributed by atoms with Gasteiger partial charge in [-0.3, -0.25) is 14.5 Å². The number of aryl methyl sites for hydroxylation is 1. The standard InChI is InChI=1S/C25H25Cl2NO2/c1-4-15-5-7-16(8-6-15)20-12-23(30)28(19-10-17(26)9-18(27)11-19)21-13-25(2,3)14-22(29)24(20)21/h5-11,20H,4,12-14H2,1-3H3. The van der Waals surface area contributed by atoms with Crippen LogP contribution in [0, 0.1) is 5.41 Å². The quantitative estimate of drug-likeness (QED) is 0.529. The molecule has 2 aromatic rings. The number of rotatable bonds is 3. The van der Waals surface area contributed by atoms with Gasteiger partial charge in [0.05, 0.1) is 5.69 Å². The van der Waals surface area contributed by atoms with E-state index in [2.05, 4.69) is 45.0 Å². The molecule has 2 aromatic carbocycles. The first kappa shape index (κ1) is 21.1. The zero-order valence-corrected chi connectivity index (χ0v) is 19.0. The molecule has 1 aliphatic heterocycles. The normalized spacial score (nSPS) is 21.1. The molecule has 0 fully saturated rings. The van der Waals surface area contributed by atoms with Gasteiger partial charge in [-0.15, -0.1) is 0 Å². The molecule has 1 amide bonds. The number of carbonyl (C=O) groups excluding carboxylic acids is 2. The van der Waals surface area contributed by atoms with Crippen molar-refractivity contribution in [2.45, 2.75) is 52.4 Å². The Morgan fingerprint density at radius 3 is 2.23 bits per heavy atom. The van der Waals surface area contributed by atoms with Crippen LogP contribution >= 0.6 is 23.2 Å². The van der Waals surface area contributed by atoms with Gasteiger partial charge in [0, 0.05) is 40.1 Å². The minimum Gasteiger partial charge on any atom is -0.294 e. The minimum atomic E-state index is -0.217. The lowest BCUT2D eigenvalue weighted by Crippen LogP contribution is -2.43. The average Bonchev–Trinajstić information content (AvgIpc) is 2.65. The van der Waals surface area contributed by atoms with E-state index in [1.54, 1.807) is 23.1 Å². The summed E-state index contributed by atoms with van der Waals surface area (Å²) in [5, 5.41) is 0.928. The lowest BCUT2D eigenvalue weighted by atomic mass is 9.69. The molecule has 5 heteroatoms. The molecule has 1 heterocycles. The molecule has 1 unspecified atom stereocenters. The van der Waals surface area contributed by atoms with Crippen molar-refractivity contribution in [1.82, 2.24) is 0 Å². The number of carbonyl (C=O) groups is 2. The van der Waals surface area contributed by atoms with E-state index in [-0.39, 0.29) is 29.4 Å². The van der Waals surface area contributed by atoms with Gasteiger partial charge in [0.25, 0.3) is 0 Å². The third-order valence-corrected chi connectivity index (χ3v) is 6.48. The van der Waals surface area contributed by atoms with E-state index >= 15 is 0 Å². The highest BCUT2D eigenvalue weighted by Crippen LogP contribution is 2.48. The summed E-state index contributed by atoms with van der Waals surface area (Å²) < 4.78 is 0. The van der Waals surface area contributed by atoms with Crippen molar-refractivity contribution in [1.29, 1.82) is 0 Å². The molecule has 0 N–H and O–H groups in total. The zero-order valence-electron chi connectivity index (χ0n) is 17.5. The molecule has 2 aliphatic rings. The number of benzene rings is 2. The molecule has 4 rings (SSSR count). The average molecular weight is 442 g/mol. The Morgan fingerprint density at radius 2 is 1.63 bits per heavy atom. The van der Waals surface area contributed by atoms with Crippen LogP contribution in [0.5, 0.6) is 0 Å². The molecule has 0 radical (unpaired) electrons. The summed E-state index contributed by atoms with van der Waals surface area (Å²) in [6.45, 7) is 6.25. The Bertz CT molecular complexity index is 1030. The monoisotopic (exact) mass is 441 g/mol. The molecule has 0 aromatic heterocycles. The maximum absolute atomic E-state index is 13.4. The van der Waals surface area contributed by atoms with Crippen LogP contribution in [0.15, 0.2) is 53.7 Å². The van der Waals surface area contributed by atoms with Gasteiger partial charge in [-0.1, -0.05) is 68.2 Å². The SMILES string of the molecule is CCc1ccc(C2CC(=O)N(c3cc(Cl)cc(Cl)c3)C3=C2C(=O)CC(C)(C)C3)cc1. The number of Topliss-reactive ketones (excluding diaryl/α,β-unsaturated/α-hetero) is 1. The van der Waals surface area contributed by atoms with Crippen LogP contribution < -0.4 is 4.90 Å². The van der Waals surface area contributed by atoms with Gasteiger partial charge in [0.15, 0.2) is 5.78 Å². The number of nitrogens with zero attached hydrogens (tertiary/aromatic N) is 1. The van der Waals surface area contributed by atoms with E-state index in [0.717, 1.165) is 23.3 Å². The summed E-state index contributed by atoms with van der Waals surface area (Å²) in [6, 6.07) is 13.4. The van der Waals surface area contributed by atoms with E-state index in [9.17, 15) is 9.59 Å².